The van der Waals surface area contributed by atoms with Gasteiger partial charge in [-0.2, -0.15) is 0 Å². The summed E-state index contributed by atoms with van der Waals surface area (Å²) in [6.45, 7) is 2.02. The molecule has 0 saturated carbocycles. The van der Waals surface area contributed by atoms with Gasteiger partial charge in [-0.1, -0.05) is 0 Å². The van der Waals surface area contributed by atoms with Crippen LogP contribution in [0.25, 0.3) is 10.4 Å². The highest BCUT2D eigenvalue weighted by Crippen LogP contribution is 2.35. The minimum Gasteiger partial charge on any atom is -0.508 e. The van der Waals surface area contributed by atoms with Crippen LogP contribution < -0.4 is 0 Å². The van der Waals surface area contributed by atoms with Gasteiger partial charge in [-0.15, -0.1) is 11.3 Å². The highest BCUT2D eigenvalue weighted by molar-refractivity contribution is 7.15. The zero-order valence-corrected chi connectivity index (χ0v) is 8.51. The van der Waals surface area contributed by atoms with Gasteiger partial charge in [-0.3, -0.25) is 0 Å². The Hall–Kier alpha value is -1.48. The second-order valence-corrected chi connectivity index (χ2v) is 4.40. The summed E-state index contributed by atoms with van der Waals surface area (Å²) in [5.74, 6) is 0.200. The van der Waals surface area contributed by atoms with Gasteiger partial charge in [-0.25, -0.2) is 0 Å². The van der Waals surface area contributed by atoms with Crippen LogP contribution in [-0.4, -0.2) is 10.2 Å². The van der Waals surface area contributed by atoms with Crippen molar-refractivity contribution >= 4 is 11.3 Å². The van der Waals surface area contributed by atoms with E-state index in [9.17, 15) is 5.11 Å². The molecule has 2 nitrogen and oxygen atoms in total. The molecule has 0 atom stereocenters. The highest BCUT2D eigenvalue weighted by Gasteiger charge is 2.06. The molecule has 0 unspecified atom stereocenters. The minimum atomic E-state index is 0.0829. The first kappa shape index (κ1) is 9.09. The van der Waals surface area contributed by atoms with E-state index in [1.54, 1.807) is 23.5 Å². The van der Waals surface area contributed by atoms with E-state index in [2.05, 4.69) is 0 Å². The third kappa shape index (κ3) is 1.59. The first-order chi connectivity index (χ1) is 6.66. The molecule has 0 spiro atoms. The number of phenolic OH excluding ortho intramolecular Hbond substituents is 2. The van der Waals surface area contributed by atoms with Crippen molar-refractivity contribution in [1.82, 2.24) is 0 Å². The predicted octanol–water partition coefficient (Wildman–Crippen LogP) is 3.13. The lowest BCUT2D eigenvalue weighted by Gasteiger charge is -2.01. The van der Waals surface area contributed by atoms with Gasteiger partial charge in [0.15, 0.2) is 0 Å². The molecule has 0 saturated heterocycles. The standard InChI is InChI=1S/C11H10O2S/c1-7-2-5-11(14-7)9-4-3-8(12)6-10(9)13/h2-6,12-13H,1H3. The van der Waals surface area contributed by atoms with Crippen LogP contribution in [0.4, 0.5) is 0 Å². The summed E-state index contributed by atoms with van der Waals surface area (Å²) in [6.07, 6.45) is 0. The van der Waals surface area contributed by atoms with Gasteiger partial charge >= 0.3 is 0 Å². The molecular formula is C11H10O2S. The van der Waals surface area contributed by atoms with Crippen molar-refractivity contribution in [2.24, 2.45) is 0 Å². The molecule has 2 rings (SSSR count). The summed E-state index contributed by atoms with van der Waals surface area (Å²) in [5, 5.41) is 18.7. The maximum atomic E-state index is 9.60. The van der Waals surface area contributed by atoms with Crippen LogP contribution in [0.5, 0.6) is 11.5 Å². The maximum Gasteiger partial charge on any atom is 0.127 e. The van der Waals surface area contributed by atoms with Crippen molar-refractivity contribution in [3.05, 3.63) is 35.2 Å². The number of aromatic hydroxyl groups is 2. The number of aryl methyl sites for hydroxylation is 1. The van der Waals surface area contributed by atoms with Gasteiger partial charge in [0.1, 0.15) is 11.5 Å². The van der Waals surface area contributed by atoms with Gasteiger partial charge in [0.05, 0.1) is 0 Å². The molecule has 72 valence electrons. The fourth-order valence-electron chi connectivity index (χ4n) is 1.31. The fraction of sp³-hybridized carbons (Fsp3) is 0.0909. The Bertz CT molecular complexity index is 460. The SMILES string of the molecule is Cc1ccc(-c2ccc(O)cc2O)s1. The van der Waals surface area contributed by atoms with E-state index in [1.807, 2.05) is 19.1 Å². The Labute approximate surface area is 86.1 Å². The second kappa shape index (κ2) is 3.35. The number of thiophene rings is 1. The highest BCUT2D eigenvalue weighted by atomic mass is 32.1. The van der Waals surface area contributed by atoms with E-state index in [1.165, 1.54) is 10.9 Å². The topological polar surface area (TPSA) is 40.5 Å². The van der Waals surface area contributed by atoms with Gasteiger partial charge < -0.3 is 10.2 Å². The van der Waals surface area contributed by atoms with Gasteiger partial charge in [-0.05, 0) is 31.2 Å². The summed E-state index contributed by atoms with van der Waals surface area (Å²) in [6, 6.07) is 8.61. The van der Waals surface area contributed by atoms with Crippen molar-refractivity contribution in [1.29, 1.82) is 0 Å². The van der Waals surface area contributed by atoms with E-state index < -0.39 is 0 Å². The molecule has 1 aromatic heterocycles. The van der Waals surface area contributed by atoms with Crippen LogP contribution in [0.15, 0.2) is 30.3 Å². The molecule has 0 fully saturated rings. The molecule has 2 N–H and O–H groups in total. The Kier molecular flexibility index (Phi) is 2.17. The lowest BCUT2D eigenvalue weighted by atomic mass is 10.1. The fourth-order valence-corrected chi connectivity index (χ4v) is 2.21. The number of rotatable bonds is 1. The Morgan fingerprint density at radius 3 is 2.43 bits per heavy atom. The van der Waals surface area contributed by atoms with Gasteiger partial charge in [0, 0.05) is 21.4 Å². The zero-order valence-electron chi connectivity index (χ0n) is 7.69. The van der Waals surface area contributed by atoms with Crippen LogP contribution in [0.3, 0.4) is 0 Å². The molecule has 1 aromatic carbocycles. The van der Waals surface area contributed by atoms with E-state index in [-0.39, 0.29) is 11.5 Å². The average molecular weight is 206 g/mol. The lowest BCUT2D eigenvalue weighted by molar-refractivity contribution is 0.452. The Morgan fingerprint density at radius 1 is 1.07 bits per heavy atom. The predicted molar refractivity (Wildman–Crippen MR) is 57.8 cm³/mol. The Balaban J connectivity index is 2.52. The van der Waals surface area contributed by atoms with Crippen molar-refractivity contribution < 1.29 is 10.2 Å². The molecular weight excluding hydrogens is 196 g/mol. The van der Waals surface area contributed by atoms with Crippen LogP contribution in [0.1, 0.15) is 4.88 Å². The molecule has 0 aliphatic heterocycles. The largest absolute Gasteiger partial charge is 0.508 e. The summed E-state index contributed by atoms with van der Waals surface area (Å²) in [5.41, 5.74) is 0.765. The molecule has 2 aromatic rings. The van der Waals surface area contributed by atoms with Crippen molar-refractivity contribution in [3.63, 3.8) is 0 Å². The van der Waals surface area contributed by atoms with Crippen molar-refractivity contribution in [3.8, 4) is 21.9 Å². The normalized spacial score (nSPS) is 10.4. The van der Waals surface area contributed by atoms with Gasteiger partial charge in [0.25, 0.3) is 0 Å². The third-order valence-electron chi connectivity index (χ3n) is 1.99. The van der Waals surface area contributed by atoms with Crippen LogP contribution in [0, 0.1) is 6.92 Å². The van der Waals surface area contributed by atoms with Gasteiger partial charge in [0.2, 0.25) is 0 Å². The summed E-state index contributed by atoms with van der Waals surface area (Å²) >= 11 is 1.62. The molecule has 0 amide bonds. The average Bonchev–Trinajstić information content (AvgIpc) is 2.51. The molecule has 0 bridgehead atoms. The smallest absolute Gasteiger partial charge is 0.127 e. The molecule has 0 aliphatic rings. The summed E-state index contributed by atoms with van der Waals surface area (Å²) < 4.78 is 0. The zero-order chi connectivity index (χ0) is 10.1. The van der Waals surface area contributed by atoms with Crippen molar-refractivity contribution in [2.45, 2.75) is 6.92 Å². The quantitative estimate of drug-likeness (QED) is 0.752. The number of hydrogen-bond donors (Lipinski definition) is 2. The van der Waals surface area contributed by atoms with E-state index >= 15 is 0 Å². The van der Waals surface area contributed by atoms with Crippen LogP contribution in [0.2, 0.25) is 0 Å². The molecule has 3 heteroatoms. The third-order valence-corrected chi connectivity index (χ3v) is 3.02. The lowest BCUT2D eigenvalue weighted by Crippen LogP contribution is -1.73. The van der Waals surface area contributed by atoms with Crippen molar-refractivity contribution in [2.75, 3.05) is 0 Å². The van der Waals surface area contributed by atoms with E-state index in [0.717, 1.165) is 10.4 Å². The number of benzene rings is 1. The van der Waals surface area contributed by atoms with Crippen LogP contribution in [-0.2, 0) is 0 Å². The van der Waals surface area contributed by atoms with E-state index in [0.29, 0.717) is 0 Å². The molecule has 0 radical (unpaired) electrons. The molecule has 14 heavy (non-hydrogen) atoms. The minimum absolute atomic E-state index is 0.0829. The molecule has 0 aliphatic carbocycles. The Morgan fingerprint density at radius 2 is 1.86 bits per heavy atom. The maximum absolute atomic E-state index is 9.60. The monoisotopic (exact) mass is 206 g/mol. The molecule has 1 heterocycles. The van der Waals surface area contributed by atoms with Crippen LogP contribution >= 0.6 is 11.3 Å². The number of phenols is 2. The summed E-state index contributed by atoms with van der Waals surface area (Å²) in [4.78, 5) is 2.22. The summed E-state index contributed by atoms with van der Waals surface area (Å²) in [7, 11) is 0. The second-order valence-electron chi connectivity index (χ2n) is 3.11. The first-order valence-corrected chi connectivity index (χ1v) is 5.07. The van der Waals surface area contributed by atoms with E-state index in [4.69, 9.17) is 5.11 Å². The number of hydrogen-bond acceptors (Lipinski definition) is 3. The first-order valence-electron chi connectivity index (χ1n) is 4.25.